The van der Waals surface area contributed by atoms with Gasteiger partial charge in [-0.3, -0.25) is 14.5 Å². The van der Waals surface area contributed by atoms with Crippen LogP contribution in [-0.4, -0.2) is 36.3 Å². The van der Waals surface area contributed by atoms with Gasteiger partial charge in [0.25, 0.3) is 5.91 Å². The number of para-hydroxylation sites is 1. The number of nitrogens with zero attached hydrogens (tertiary/aromatic N) is 1. The first-order valence-corrected chi connectivity index (χ1v) is 12.2. The Balaban J connectivity index is 1.60. The lowest BCUT2D eigenvalue weighted by molar-refractivity contribution is -0.117. The smallest absolute Gasteiger partial charge is 0.258 e. The number of nitrogens with one attached hydrogen (secondary N) is 2. The van der Waals surface area contributed by atoms with Crippen molar-refractivity contribution in [2.24, 2.45) is 11.3 Å². The van der Waals surface area contributed by atoms with E-state index < -0.39 is 0 Å². The molecule has 166 valence electrons. The van der Waals surface area contributed by atoms with E-state index >= 15 is 0 Å². The van der Waals surface area contributed by atoms with Crippen LogP contribution in [0.4, 0.5) is 10.7 Å². The lowest BCUT2D eigenvalue weighted by Gasteiger charge is -2.33. The first-order chi connectivity index (χ1) is 14.8. The predicted molar refractivity (Wildman–Crippen MR) is 128 cm³/mol. The highest BCUT2D eigenvalue weighted by molar-refractivity contribution is 7.17. The highest BCUT2D eigenvalue weighted by Crippen LogP contribution is 2.44. The van der Waals surface area contributed by atoms with Crippen LogP contribution in [0.25, 0.3) is 0 Å². The quantitative estimate of drug-likeness (QED) is 0.674. The van der Waals surface area contributed by atoms with Gasteiger partial charge >= 0.3 is 0 Å². The van der Waals surface area contributed by atoms with Crippen molar-refractivity contribution in [3.8, 4) is 0 Å². The van der Waals surface area contributed by atoms with Gasteiger partial charge < -0.3 is 10.6 Å². The van der Waals surface area contributed by atoms with Crippen LogP contribution in [0, 0.1) is 11.3 Å². The fourth-order valence-corrected chi connectivity index (χ4v) is 6.02. The van der Waals surface area contributed by atoms with E-state index in [1.807, 2.05) is 30.3 Å². The van der Waals surface area contributed by atoms with Gasteiger partial charge in [0.2, 0.25) is 5.91 Å². The largest absolute Gasteiger partial charge is 0.322 e. The number of likely N-dealkylation sites (tertiary alicyclic amines) is 1. The zero-order chi connectivity index (χ0) is 22.0. The molecule has 2 aromatic rings. The van der Waals surface area contributed by atoms with E-state index in [0.29, 0.717) is 23.0 Å². The molecule has 0 saturated carbocycles. The Labute approximate surface area is 189 Å². The normalized spacial score (nSPS) is 19.1. The summed E-state index contributed by atoms with van der Waals surface area (Å²) in [6.07, 6.45) is 5.23. The van der Waals surface area contributed by atoms with Gasteiger partial charge in [0, 0.05) is 10.6 Å². The molecule has 0 radical (unpaired) electrons. The number of thiophene rings is 1. The number of hydrogen-bond donors (Lipinski definition) is 2. The molecule has 6 heteroatoms. The second-order valence-electron chi connectivity index (χ2n) is 9.87. The average molecular weight is 440 g/mol. The van der Waals surface area contributed by atoms with Crippen LogP contribution in [0.5, 0.6) is 0 Å². The van der Waals surface area contributed by atoms with E-state index in [1.54, 1.807) is 11.3 Å². The summed E-state index contributed by atoms with van der Waals surface area (Å²) >= 11 is 1.60. The van der Waals surface area contributed by atoms with Crippen molar-refractivity contribution in [1.29, 1.82) is 0 Å². The molecule has 2 heterocycles. The topological polar surface area (TPSA) is 61.4 Å². The zero-order valence-electron chi connectivity index (χ0n) is 18.8. The standard InChI is InChI=1S/C25H33N3O2S/c1-25(2,3)17-11-12-19-20(15-17)31-24(27-21(29)16-28-13-7-8-14-28)22(19)23(30)26-18-9-5-4-6-10-18/h4-6,9-10,17H,7-8,11-16H2,1-3H3,(H,26,30)(H,27,29). The van der Waals surface area contributed by atoms with Crippen molar-refractivity contribution >= 4 is 33.8 Å². The minimum Gasteiger partial charge on any atom is -0.322 e. The summed E-state index contributed by atoms with van der Waals surface area (Å²) in [6.45, 7) is 9.22. The second kappa shape index (κ2) is 9.13. The summed E-state index contributed by atoms with van der Waals surface area (Å²) in [7, 11) is 0. The average Bonchev–Trinajstić information content (AvgIpc) is 3.34. The Morgan fingerprint density at radius 1 is 1.10 bits per heavy atom. The van der Waals surface area contributed by atoms with Gasteiger partial charge in [0.05, 0.1) is 12.1 Å². The number of fused-ring (bicyclic) bond motifs is 1. The number of anilines is 2. The number of carbonyl (C=O) groups is 2. The lowest BCUT2D eigenvalue weighted by Crippen LogP contribution is -2.31. The summed E-state index contributed by atoms with van der Waals surface area (Å²) in [4.78, 5) is 29.5. The first kappa shape index (κ1) is 22.0. The van der Waals surface area contributed by atoms with Crippen LogP contribution in [0.1, 0.15) is 60.8 Å². The molecular weight excluding hydrogens is 406 g/mol. The minimum atomic E-state index is -0.130. The molecule has 1 unspecified atom stereocenters. The third-order valence-electron chi connectivity index (χ3n) is 6.57. The minimum absolute atomic E-state index is 0.0263. The number of carbonyl (C=O) groups excluding carboxylic acids is 2. The SMILES string of the molecule is CC(C)(C)C1CCc2c(sc(NC(=O)CN3CCCC3)c2C(=O)Nc2ccccc2)C1. The van der Waals surface area contributed by atoms with Crippen LogP contribution < -0.4 is 10.6 Å². The van der Waals surface area contributed by atoms with E-state index in [0.717, 1.165) is 56.4 Å². The van der Waals surface area contributed by atoms with Crippen molar-refractivity contribution in [1.82, 2.24) is 4.90 Å². The Hall–Kier alpha value is -2.18. The molecule has 1 saturated heterocycles. The van der Waals surface area contributed by atoms with Gasteiger partial charge in [0.1, 0.15) is 5.00 Å². The fraction of sp³-hybridized carbons (Fsp3) is 0.520. The Bertz CT molecular complexity index is 940. The van der Waals surface area contributed by atoms with E-state index in [2.05, 4.69) is 36.3 Å². The summed E-state index contributed by atoms with van der Waals surface area (Å²) in [6, 6.07) is 9.52. The molecule has 0 spiro atoms. The first-order valence-electron chi connectivity index (χ1n) is 11.3. The molecule has 0 bridgehead atoms. The van der Waals surface area contributed by atoms with E-state index in [1.165, 1.54) is 4.88 Å². The molecule has 1 aliphatic carbocycles. The zero-order valence-corrected chi connectivity index (χ0v) is 19.6. The molecule has 31 heavy (non-hydrogen) atoms. The van der Waals surface area contributed by atoms with Crippen molar-refractivity contribution in [2.45, 2.75) is 52.9 Å². The van der Waals surface area contributed by atoms with Gasteiger partial charge in [-0.2, -0.15) is 0 Å². The maximum Gasteiger partial charge on any atom is 0.258 e. The molecule has 2 aliphatic rings. The van der Waals surface area contributed by atoms with E-state index in [9.17, 15) is 9.59 Å². The monoisotopic (exact) mass is 439 g/mol. The number of rotatable bonds is 5. The van der Waals surface area contributed by atoms with Crippen molar-refractivity contribution < 1.29 is 9.59 Å². The molecule has 1 fully saturated rings. The summed E-state index contributed by atoms with van der Waals surface area (Å²) in [5, 5.41) is 6.83. The second-order valence-corrected chi connectivity index (χ2v) is 11.0. The molecule has 4 rings (SSSR count). The molecule has 1 aliphatic heterocycles. The number of amides is 2. The lowest BCUT2D eigenvalue weighted by atomic mass is 9.72. The molecule has 2 N–H and O–H groups in total. The third kappa shape index (κ3) is 5.18. The Morgan fingerprint density at radius 3 is 2.48 bits per heavy atom. The van der Waals surface area contributed by atoms with Crippen LogP contribution in [0.2, 0.25) is 0 Å². The highest BCUT2D eigenvalue weighted by atomic mass is 32.1. The maximum atomic E-state index is 13.3. The van der Waals surface area contributed by atoms with E-state index in [4.69, 9.17) is 0 Å². The summed E-state index contributed by atoms with van der Waals surface area (Å²) in [5.74, 6) is 0.424. The molecule has 1 atom stereocenters. The Morgan fingerprint density at radius 2 is 1.81 bits per heavy atom. The van der Waals surface area contributed by atoms with Gasteiger partial charge in [-0.15, -0.1) is 11.3 Å². The van der Waals surface area contributed by atoms with Crippen molar-refractivity contribution in [2.75, 3.05) is 30.3 Å². The van der Waals surface area contributed by atoms with Crippen LogP contribution in [-0.2, 0) is 17.6 Å². The van der Waals surface area contributed by atoms with Crippen LogP contribution in [0.15, 0.2) is 30.3 Å². The fourth-order valence-electron chi connectivity index (χ4n) is 4.68. The van der Waals surface area contributed by atoms with Crippen molar-refractivity contribution in [3.63, 3.8) is 0 Å². The van der Waals surface area contributed by atoms with Crippen LogP contribution in [0.3, 0.4) is 0 Å². The van der Waals surface area contributed by atoms with Gasteiger partial charge in [-0.05, 0) is 74.2 Å². The molecular formula is C25H33N3O2S. The van der Waals surface area contributed by atoms with E-state index in [-0.39, 0.29) is 17.2 Å². The maximum absolute atomic E-state index is 13.3. The molecule has 2 amide bonds. The molecule has 1 aromatic heterocycles. The predicted octanol–water partition coefficient (Wildman–Crippen LogP) is 5.19. The summed E-state index contributed by atoms with van der Waals surface area (Å²) < 4.78 is 0. The highest BCUT2D eigenvalue weighted by Gasteiger charge is 2.34. The van der Waals surface area contributed by atoms with Crippen molar-refractivity contribution in [3.05, 3.63) is 46.3 Å². The molecule has 5 nitrogen and oxygen atoms in total. The Kier molecular flexibility index (Phi) is 6.49. The number of benzene rings is 1. The number of hydrogen-bond acceptors (Lipinski definition) is 4. The van der Waals surface area contributed by atoms with Crippen LogP contribution >= 0.6 is 11.3 Å². The van der Waals surface area contributed by atoms with Gasteiger partial charge in [-0.1, -0.05) is 39.0 Å². The summed E-state index contributed by atoms with van der Waals surface area (Å²) in [5.41, 5.74) is 2.78. The molecule has 1 aromatic carbocycles. The van der Waals surface area contributed by atoms with Gasteiger partial charge in [0.15, 0.2) is 0 Å². The van der Waals surface area contributed by atoms with Gasteiger partial charge in [-0.25, -0.2) is 0 Å². The third-order valence-corrected chi connectivity index (χ3v) is 7.74.